The van der Waals surface area contributed by atoms with Gasteiger partial charge in [0, 0.05) is 17.9 Å². The molecule has 24 heavy (non-hydrogen) atoms. The monoisotopic (exact) mass is 363 g/mol. The number of rotatable bonds is 6. The van der Waals surface area contributed by atoms with Gasteiger partial charge in [-0.15, -0.1) is 11.8 Å². The Morgan fingerprint density at radius 3 is 2.75 bits per heavy atom. The zero-order valence-corrected chi connectivity index (χ0v) is 14.7. The second-order valence-electron chi connectivity index (χ2n) is 5.44. The van der Waals surface area contributed by atoms with Gasteiger partial charge in [0.2, 0.25) is 10.0 Å². The van der Waals surface area contributed by atoms with E-state index in [1.54, 1.807) is 30.5 Å². The predicted molar refractivity (Wildman–Crippen MR) is 93.8 cm³/mol. The summed E-state index contributed by atoms with van der Waals surface area (Å²) in [6.07, 6.45) is 5.21. The highest BCUT2D eigenvalue weighted by Crippen LogP contribution is 2.24. The molecule has 8 heteroatoms. The Kier molecular flexibility index (Phi) is 4.88. The third-order valence-corrected chi connectivity index (χ3v) is 5.74. The van der Waals surface area contributed by atoms with Crippen LogP contribution in [0.4, 0.5) is 5.69 Å². The van der Waals surface area contributed by atoms with E-state index in [0.717, 1.165) is 12.8 Å². The number of carbonyl (C=O) groups excluding carboxylic acids is 1. The molecule has 1 aromatic heterocycles. The lowest BCUT2D eigenvalue weighted by Crippen LogP contribution is -2.25. The SMILES string of the molecule is CSc1ncccc1C(=O)Nc1cccc(S(=O)(=O)NC2CC2)c1. The van der Waals surface area contributed by atoms with Crippen molar-refractivity contribution in [2.24, 2.45) is 0 Å². The molecular formula is C16H17N3O3S2. The van der Waals surface area contributed by atoms with Crippen molar-refractivity contribution in [1.29, 1.82) is 0 Å². The van der Waals surface area contributed by atoms with Crippen LogP contribution in [0.25, 0.3) is 0 Å². The summed E-state index contributed by atoms with van der Waals surface area (Å²) in [4.78, 5) is 16.7. The third-order valence-electron chi connectivity index (χ3n) is 3.51. The second-order valence-corrected chi connectivity index (χ2v) is 7.95. The van der Waals surface area contributed by atoms with E-state index in [4.69, 9.17) is 0 Å². The highest BCUT2D eigenvalue weighted by Gasteiger charge is 2.28. The molecular weight excluding hydrogens is 346 g/mol. The first kappa shape index (κ1) is 16.9. The number of sulfonamides is 1. The van der Waals surface area contributed by atoms with E-state index < -0.39 is 10.0 Å². The van der Waals surface area contributed by atoms with Crippen molar-refractivity contribution >= 4 is 33.4 Å². The van der Waals surface area contributed by atoms with E-state index in [1.807, 2.05) is 6.26 Å². The largest absolute Gasteiger partial charge is 0.322 e. The molecule has 2 N–H and O–H groups in total. The van der Waals surface area contributed by atoms with Crippen LogP contribution in [0.1, 0.15) is 23.2 Å². The first-order valence-electron chi connectivity index (χ1n) is 7.42. The number of pyridine rings is 1. The number of nitrogens with zero attached hydrogens (tertiary/aromatic N) is 1. The molecule has 3 rings (SSSR count). The summed E-state index contributed by atoms with van der Waals surface area (Å²) in [5.74, 6) is -0.322. The summed E-state index contributed by atoms with van der Waals surface area (Å²) in [5.41, 5.74) is 0.879. The van der Waals surface area contributed by atoms with Crippen molar-refractivity contribution in [1.82, 2.24) is 9.71 Å². The number of hydrogen-bond acceptors (Lipinski definition) is 5. The first-order valence-corrected chi connectivity index (χ1v) is 10.1. The molecule has 1 aliphatic carbocycles. The van der Waals surface area contributed by atoms with Crippen molar-refractivity contribution in [3.63, 3.8) is 0 Å². The Morgan fingerprint density at radius 1 is 1.25 bits per heavy atom. The van der Waals surface area contributed by atoms with E-state index in [9.17, 15) is 13.2 Å². The van der Waals surface area contributed by atoms with Crippen LogP contribution >= 0.6 is 11.8 Å². The lowest BCUT2D eigenvalue weighted by molar-refractivity contribution is 0.102. The summed E-state index contributed by atoms with van der Waals surface area (Å²) >= 11 is 1.38. The lowest BCUT2D eigenvalue weighted by Gasteiger charge is -2.10. The van der Waals surface area contributed by atoms with E-state index >= 15 is 0 Å². The number of hydrogen-bond donors (Lipinski definition) is 2. The van der Waals surface area contributed by atoms with Gasteiger partial charge >= 0.3 is 0 Å². The second kappa shape index (κ2) is 6.92. The standard InChI is InChI=1S/C16H17N3O3S2/c1-23-16-14(6-3-9-17-16)15(20)18-12-4-2-5-13(10-12)24(21,22)19-11-7-8-11/h2-6,9-11,19H,7-8H2,1H3,(H,18,20). The number of nitrogens with one attached hydrogen (secondary N) is 2. The van der Waals surface area contributed by atoms with Gasteiger partial charge in [0.1, 0.15) is 5.03 Å². The summed E-state index contributed by atoms with van der Waals surface area (Å²) in [6, 6.07) is 9.64. The molecule has 6 nitrogen and oxygen atoms in total. The molecule has 126 valence electrons. The summed E-state index contributed by atoms with van der Waals surface area (Å²) in [7, 11) is -3.55. The maximum absolute atomic E-state index is 12.4. The minimum Gasteiger partial charge on any atom is -0.322 e. The van der Waals surface area contributed by atoms with Gasteiger partial charge < -0.3 is 5.32 Å². The van der Waals surface area contributed by atoms with Gasteiger partial charge in [-0.25, -0.2) is 18.1 Å². The van der Waals surface area contributed by atoms with E-state index in [2.05, 4.69) is 15.0 Å². The van der Waals surface area contributed by atoms with E-state index in [1.165, 1.54) is 23.9 Å². The predicted octanol–water partition coefficient (Wildman–Crippen LogP) is 2.50. The number of anilines is 1. The Bertz CT molecular complexity index is 864. The van der Waals surface area contributed by atoms with Crippen LogP contribution in [0.2, 0.25) is 0 Å². The molecule has 1 amide bonds. The Morgan fingerprint density at radius 2 is 2.04 bits per heavy atom. The molecule has 1 aromatic carbocycles. The molecule has 0 unspecified atom stereocenters. The number of amides is 1. The minimum absolute atomic E-state index is 0.0350. The Balaban J connectivity index is 1.80. The molecule has 0 aliphatic heterocycles. The Hall–Kier alpha value is -1.90. The van der Waals surface area contributed by atoms with Gasteiger partial charge in [0.05, 0.1) is 10.5 Å². The average molecular weight is 363 g/mol. The van der Waals surface area contributed by atoms with Gasteiger partial charge in [-0.1, -0.05) is 6.07 Å². The van der Waals surface area contributed by atoms with Crippen molar-refractivity contribution in [2.45, 2.75) is 28.8 Å². The fraction of sp³-hybridized carbons (Fsp3) is 0.250. The van der Waals surface area contributed by atoms with Crippen LogP contribution in [-0.2, 0) is 10.0 Å². The van der Waals surface area contributed by atoms with Crippen molar-refractivity contribution < 1.29 is 13.2 Å². The van der Waals surface area contributed by atoms with Gasteiger partial charge in [0.15, 0.2) is 0 Å². The molecule has 1 fully saturated rings. The summed E-state index contributed by atoms with van der Waals surface area (Å²) < 4.78 is 27.1. The molecule has 0 atom stereocenters. The van der Waals surface area contributed by atoms with Crippen LogP contribution < -0.4 is 10.0 Å². The Labute approximate surface area is 145 Å². The van der Waals surface area contributed by atoms with Crippen LogP contribution in [-0.4, -0.2) is 31.6 Å². The molecule has 0 saturated heterocycles. The van der Waals surface area contributed by atoms with E-state index in [0.29, 0.717) is 16.3 Å². The number of benzene rings is 1. The zero-order chi connectivity index (χ0) is 17.2. The molecule has 1 saturated carbocycles. The lowest BCUT2D eigenvalue weighted by atomic mass is 10.2. The van der Waals surface area contributed by atoms with Gasteiger partial charge in [-0.2, -0.15) is 0 Å². The highest BCUT2D eigenvalue weighted by molar-refractivity contribution is 7.98. The number of carbonyl (C=O) groups is 1. The molecule has 1 heterocycles. The topological polar surface area (TPSA) is 88.2 Å². The fourth-order valence-corrected chi connectivity index (χ4v) is 4.05. The molecule has 0 spiro atoms. The maximum atomic E-state index is 12.4. The van der Waals surface area contributed by atoms with Crippen LogP contribution in [0.15, 0.2) is 52.5 Å². The zero-order valence-electron chi connectivity index (χ0n) is 13.0. The third kappa shape index (κ3) is 3.95. The van der Waals surface area contributed by atoms with Gasteiger partial charge in [0.25, 0.3) is 5.91 Å². The van der Waals surface area contributed by atoms with Crippen molar-refractivity contribution in [3.8, 4) is 0 Å². The van der Waals surface area contributed by atoms with Crippen molar-refractivity contribution in [2.75, 3.05) is 11.6 Å². The fourth-order valence-electron chi connectivity index (χ4n) is 2.15. The average Bonchev–Trinajstić information content (AvgIpc) is 3.38. The van der Waals surface area contributed by atoms with Gasteiger partial charge in [-0.05, 0) is 49.4 Å². The first-order chi connectivity index (χ1) is 11.5. The molecule has 0 radical (unpaired) electrons. The van der Waals surface area contributed by atoms with Gasteiger partial charge in [-0.3, -0.25) is 4.79 Å². The normalized spacial score (nSPS) is 14.4. The van der Waals surface area contributed by atoms with Crippen LogP contribution in [0.5, 0.6) is 0 Å². The number of aromatic nitrogens is 1. The smallest absolute Gasteiger partial charge is 0.258 e. The highest BCUT2D eigenvalue weighted by atomic mass is 32.2. The van der Waals surface area contributed by atoms with Crippen LogP contribution in [0.3, 0.4) is 0 Å². The summed E-state index contributed by atoms with van der Waals surface area (Å²) in [6.45, 7) is 0. The number of thioether (sulfide) groups is 1. The van der Waals surface area contributed by atoms with Crippen molar-refractivity contribution in [3.05, 3.63) is 48.2 Å². The molecule has 1 aliphatic rings. The quantitative estimate of drug-likeness (QED) is 0.770. The summed E-state index contributed by atoms with van der Waals surface area (Å²) in [5, 5.41) is 3.35. The van der Waals surface area contributed by atoms with Crippen LogP contribution in [0, 0.1) is 0 Å². The molecule has 0 bridgehead atoms. The maximum Gasteiger partial charge on any atom is 0.258 e. The molecule has 2 aromatic rings. The minimum atomic E-state index is -3.55. The van der Waals surface area contributed by atoms with E-state index in [-0.39, 0.29) is 16.8 Å².